The lowest BCUT2D eigenvalue weighted by Gasteiger charge is -2.08. The highest BCUT2D eigenvalue weighted by atomic mass is 79.9. The fraction of sp³-hybridized carbons (Fsp3) is 0. The van der Waals surface area contributed by atoms with Crippen LogP contribution < -0.4 is 5.32 Å². The Morgan fingerprint density at radius 3 is 2.60 bits per heavy atom. The van der Waals surface area contributed by atoms with Gasteiger partial charge in [0.2, 0.25) is 0 Å². The standard InChI is InChI=1S/C14H7BrF2N2O/c15-10-4-1-3-8(13(10)17)14(20)19-12-6-2-5-11(16)9(12)7-18/h1-6H,(H,19,20). The van der Waals surface area contributed by atoms with Gasteiger partial charge in [-0.05, 0) is 40.2 Å². The molecule has 3 nitrogen and oxygen atoms in total. The molecule has 20 heavy (non-hydrogen) atoms. The summed E-state index contributed by atoms with van der Waals surface area (Å²) in [5.41, 5.74) is -0.499. The molecule has 0 aliphatic rings. The van der Waals surface area contributed by atoms with Crippen LogP contribution in [0.15, 0.2) is 40.9 Å². The van der Waals surface area contributed by atoms with E-state index in [-0.39, 0.29) is 21.3 Å². The average Bonchev–Trinajstić information content (AvgIpc) is 2.42. The van der Waals surface area contributed by atoms with E-state index in [1.54, 1.807) is 6.07 Å². The van der Waals surface area contributed by atoms with Crippen LogP contribution in [-0.2, 0) is 0 Å². The van der Waals surface area contributed by atoms with Gasteiger partial charge in [-0.3, -0.25) is 4.79 Å². The smallest absolute Gasteiger partial charge is 0.258 e. The summed E-state index contributed by atoms with van der Waals surface area (Å²) >= 11 is 2.97. The Hall–Kier alpha value is -2.26. The molecule has 0 bridgehead atoms. The number of carbonyl (C=O) groups excluding carboxylic acids is 1. The highest BCUT2D eigenvalue weighted by Crippen LogP contribution is 2.22. The first-order valence-corrected chi connectivity index (χ1v) is 6.28. The molecule has 0 saturated carbocycles. The summed E-state index contributed by atoms with van der Waals surface area (Å²) in [4.78, 5) is 12.0. The molecule has 2 aromatic rings. The summed E-state index contributed by atoms with van der Waals surface area (Å²) in [6, 6.07) is 9.72. The maximum absolute atomic E-state index is 13.8. The molecule has 0 fully saturated rings. The van der Waals surface area contributed by atoms with Gasteiger partial charge in [0.15, 0.2) is 0 Å². The first-order chi connectivity index (χ1) is 9.54. The summed E-state index contributed by atoms with van der Waals surface area (Å²) in [5.74, 6) is -2.23. The Bertz CT molecular complexity index is 726. The Morgan fingerprint density at radius 2 is 1.90 bits per heavy atom. The van der Waals surface area contributed by atoms with Crippen molar-refractivity contribution in [2.75, 3.05) is 5.32 Å². The number of nitriles is 1. The second kappa shape index (κ2) is 5.80. The molecule has 0 aliphatic carbocycles. The van der Waals surface area contributed by atoms with E-state index in [0.717, 1.165) is 6.07 Å². The number of hydrogen-bond acceptors (Lipinski definition) is 2. The van der Waals surface area contributed by atoms with Gasteiger partial charge in [-0.2, -0.15) is 5.26 Å². The summed E-state index contributed by atoms with van der Waals surface area (Å²) in [7, 11) is 0. The van der Waals surface area contributed by atoms with E-state index in [1.165, 1.54) is 30.3 Å². The molecule has 0 atom stereocenters. The van der Waals surface area contributed by atoms with Crippen LogP contribution in [-0.4, -0.2) is 5.91 Å². The van der Waals surface area contributed by atoms with E-state index in [2.05, 4.69) is 21.2 Å². The molecule has 0 aliphatic heterocycles. The second-order valence-corrected chi connectivity index (χ2v) is 4.68. The monoisotopic (exact) mass is 336 g/mol. The first kappa shape index (κ1) is 14.2. The van der Waals surface area contributed by atoms with Crippen molar-refractivity contribution in [2.24, 2.45) is 0 Å². The third-order valence-corrected chi connectivity index (χ3v) is 3.18. The molecule has 0 heterocycles. The number of carbonyl (C=O) groups is 1. The van der Waals surface area contributed by atoms with Gasteiger partial charge in [0.1, 0.15) is 23.3 Å². The van der Waals surface area contributed by atoms with Crippen LogP contribution in [0.2, 0.25) is 0 Å². The van der Waals surface area contributed by atoms with Crippen LogP contribution in [0.5, 0.6) is 0 Å². The van der Waals surface area contributed by atoms with E-state index < -0.39 is 17.5 Å². The first-order valence-electron chi connectivity index (χ1n) is 5.48. The van der Waals surface area contributed by atoms with Gasteiger partial charge in [-0.15, -0.1) is 0 Å². The van der Waals surface area contributed by atoms with Crippen molar-refractivity contribution < 1.29 is 13.6 Å². The molecule has 0 unspecified atom stereocenters. The Kier molecular flexibility index (Phi) is 4.11. The lowest BCUT2D eigenvalue weighted by atomic mass is 10.1. The molecule has 1 N–H and O–H groups in total. The third-order valence-electron chi connectivity index (χ3n) is 2.57. The number of nitrogens with one attached hydrogen (secondary N) is 1. The van der Waals surface area contributed by atoms with Crippen molar-refractivity contribution in [3.05, 3.63) is 63.6 Å². The number of rotatable bonds is 2. The molecule has 0 spiro atoms. The Labute approximate surface area is 122 Å². The summed E-state index contributed by atoms with van der Waals surface area (Å²) in [6.07, 6.45) is 0. The van der Waals surface area contributed by atoms with Crippen molar-refractivity contribution in [1.29, 1.82) is 5.26 Å². The van der Waals surface area contributed by atoms with Crippen LogP contribution in [0.3, 0.4) is 0 Å². The zero-order chi connectivity index (χ0) is 14.7. The van der Waals surface area contributed by atoms with Crippen molar-refractivity contribution in [3.8, 4) is 6.07 Å². The van der Waals surface area contributed by atoms with Crippen molar-refractivity contribution in [2.45, 2.75) is 0 Å². The lowest BCUT2D eigenvalue weighted by molar-refractivity contribution is 0.102. The summed E-state index contributed by atoms with van der Waals surface area (Å²) < 4.78 is 27.3. The second-order valence-electron chi connectivity index (χ2n) is 3.83. The summed E-state index contributed by atoms with van der Waals surface area (Å²) in [5, 5.41) is 11.2. The van der Waals surface area contributed by atoms with E-state index in [0.29, 0.717) is 0 Å². The van der Waals surface area contributed by atoms with Gasteiger partial charge in [-0.25, -0.2) is 8.78 Å². The molecule has 0 aromatic heterocycles. The minimum absolute atomic E-state index is 0.00289. The van der Waals surface area contributed by atoms with E-state index >= 15 is 0 Å². The fourth-order valence-corrected chi connectivity index (χ4v) is 1.98. The minimum Gasteiger partial charge on any atom is -0.321 e. The number of anilines is 1. The molecule has 6 heteroatoms. The zero-order valence-corrected chi connectivity index (χ0v) is 11.5. The number of amides is 1. The van der Waals surface area contributed by atoms with Crippen LogP contribution in [0, 0.1) is 23.0 Å². The Balaban J connectivity index is 2.36. The van der Waals surface area contributed by atoms with Gasteiger partial charge in [-0.1, -0.05) is 12.1 Å². The van der Waals surface area contributed by atoms with Crippen molar-refractivity contribution in [3.63, 3.8) is 0 Å². The summed E-state index contributed by atoms with van der Waals surface area (Å²) in [6.45, 7) is 0. The van der Waals surface area contributed by atoms with E-state index in [9.17, 15) is 13.6 Å². The number of nitrogens with zero attached hydrogens (tertiary/aromatic N) is 1. The molecule has 1 amide bonds. The van der Waals surface area contributed by atoms with Gasteiger partial charge < -0.3 is 5.32 Å². The number of hydrogen-bond donors (Lipinski definition) is 1. The molecule has 100 valence electrons. The maximum Gasteiger partial charge on any atom is 0.258 e. The van der Waals surface area contributed by atoms with Crippen LogP contribution in [0.25, 0.3) is 0 Å². The van der Waals surface area contributed by atoms with E-state index in [1.807, 2.05) is 0 Å². The molecule has 2 aromatic carbocycles. The van der Waals surface area contributed by atoms with E-state index in [4.69, 9.17) is 5.26 Å². The molecule has 2 rings (SSSR count). The highest BCUT2D eigenvalue weighted by Gasteiger charge is 2.16. The number of benzene rings is 2. The van der Waals surface area contributed by atoms with Gasteiger partial charge in [0.05, 0.1) is 15.7 Å². The third kappa shape index (κ3) is 2.68. The molecular formula is C14H7BrF2N2O. The quantitative estimate of drug-likeness (QED) is 0.905. The predicted octanol–water partition coefficient (Wildman–Crippen LogP) is 3.85. The maximum atomic E-state index is 13.8. The minimum atomic E-state index is -0.758. The van der Waals surface area contributed by atoms with Crippen LogP contribution in [0.1, 0.15) is 15.9 Å². The zero-order valence-electron chi connectivity index (χ0n) is 9.95. The lowest BCUT2D eigenvalue weighted by Crippen LogP contribution is -2.15. The van der Waals surface area contributed by atoms with Crippen LogP contribution in [0.4, 0.5) is 14.5 Å². The normalized spacial score (nSPS) is 9.90. The molecular weight excluding hydrogens is 330 g/mol. The molecule has 0 radical (unpaired) electrons. The van der Waals surface area contributed by atoms with Gasteiger partial charge in [0.25, 0.3) is 5.91 Å². The average molecular weight is 337 g/mol. The van der Waals surface area contributed by atoms with Crippen LogP contribution >= 0.6 is 15.9 Å². The Morgan fingerprint density at radius 1 is 1.20 bits per heavy atom. The fourth-order valence-electron chi connectivity index (χ4n) is 1.61. The van der Waals surface area contributed by atoms with Gasteiger partial charge in [0, 0.05) is 0 Å². The molecule has 0 saturated heterocycles. The predicted molar refractivity (Wildman–Crippen MR) is 73.2 cm³/mol. The number of halogens is 3. The van der Waals surface area contributed by atoms with Gasteiger partial charge >= 0.3 is 0 Å². The van der Waals surface area contributed by atoms with Crippen molar-refractivity contribution in [1.82, 2.24) is 0 Å². The highest BCUT2D eigenvalue weighted by molar-refractivity contribution is 9.10. The largest absolute Gasteiger partial charge is 0.321 e. The SMILES string of the molecule is N#Cc1c(F)cccc1NC(=O)c1cccc(Br)c1F. The topological polar surface area (TPSA) is 52.9 Å². The van der Waals surface area contributed by atoms with Crippen molar-refractivity contribution >= 4 is 27.5 Å².